The van der Waals surface area contributed by atoms with E-state index in [-0.39, 0.29) is 11.8 Å². The number of carbonyl (C=O) groups is 2. The fourth-order valence-electron chi connectivity index (χ4n) is 0.510. The van der Waals surface area contributed by atoms with Crippen LogP contribution in [0.2, 0.25) is 0 Å². The predicted molar refractivity (Wildman–Crippen MR) is 45.9 cm³/mol. The fourth-order valence-corrected chi connectivity index (χ4v) is 0.510. The lowest BCUT2D eigenvalue weighted by molar-refractivity contribution is -0.143. The lowest BCUT2D eigenvalue weighted by Crippen LogP contribution is -2.28. The third-order valence-corrected chi connectivity index (χ3v) is 1.03. The molecule has 0 aromatic carbocycles. The van der Waals surface area contributed by atoms with Crippen molar-refractivity contribution in [2.75, 3.05) is 7.11 Å². The summed E-state index contributed by atoms with van der Waals surface area (Å²) in [5.74, 6) is -0.666. The van der Waals surface area contributed by atoms with Crippen LogP contribution in [0.5, 0.6) is 0 Å². The van der Waals surface area contributed by atoms with Gasteiger partial charge in [0.05, 0.1) is 13.2 Å². The second kappa shape index (κ2) is 5.18. The number of esters is 1. The summed E-state index contributed by atoms with van der Waals surface area (Å²) in [6.07, 6.45) is -0.991. The van der Waals surface area contributed by atoms with Crippen molar-refractivity contribution in [3.05, 3.63) is 12.3 Å². The monoisotopic (exact) mass is 187 g/mol. The summed E-state index contributed by atoms with van der Waals surface area (Å²) in [6.45, 7) is 6.70. The van der Waals surface area contributed by atoms with Crippen LogP contribution in [0.15, 0.2) is 12.3 Å². The average molecular weight is 187 g/mol. The van der Waals surface area contributed by atoms with Crippen LogP contribution in [-0.2, 0) is 14.3 Å². The van der Waals surface area contributed by atoms with E-state index < -0.39 is 12.1 Å². The molecule has 0 aliphatic carbocycles. The molecule has 0 saturated carbocycles. The minimum absolute atomic E-state index is 0.138. The molecule has 13 heavy (non-hydrogen) atoms. The number of hydrogen-bond donors (Lipinski definition) is 1. The average Bonchev–Trinajstić information content (AvgIpc) is 2.02. The summed E-state index contributed by atoms with van der Waals surface area (Å²) in [5, 5.41) is 2.10. The van der Waals surface area contributed by atoms with Crippen LogP contribution in [0, 0.1) is 0 Å². The van der Waals surface area contributed by atoms with E-state index in [9.17, 15) is 9.59 Å². The fraction of sp³-hybridized carbons (Fsp3) is 0.500. The van der Waals surface area contributed by atoms with Gasteiger partial charge in [-0.1, -0.05) is 6.58 Å². The van der Waals surface area contributed by atoms with Gasteiger partial charge in [-0.05, 0) is 13.8 Å². The van der Waals surface area contributed by atoms with Gasteiger partial charge in [0.25, 0.3) is 0 Å². The first kappa shape index (κ1) is 11.5. The highest BCUT2D eigenvalue weighted by atomic mass is 16.6. The molecule has 0 spiro atoms. The van der Waals surface area contributed by atoms with Crippen LogP contribution in [-0.4, -0.2) is 25.3 Å². The summed E-state index contributed by atoms with van der Waals surface area (Å²) >= 11 is 0. The number of alkyl carbamates (subject to hydrolysis) is 1. The number of hydrogen-bond acceptors (Lipinski definition) is 4. The van der Waals surface area contributed by atoms with Crippen molar-refractivity contribution in [3.8, 4) is 0 Å². The zero-order valence-electron chi connectivity index (χ0n) is 7.92. The molecule has 0 radical (unpaired) electrons. The van der Waals surface area contributed by atoms with Crippen molar-refractivity contribution in [2.45, 2.75) is 20.0 Å². The lowest BCUT2D eigenvalue weighted by Gasteiger charge is -2.09. The molecule has 0 aromatic rings. The third kappa shape index (κ3) is 4.84. The van der Waals surface area contributed by atoms with Gasteiger partial charge in [-0.25, -0.2) is 9.59 Å². The van der Waals surface area contributed by atoms with Gasteiger partial charge < -0.3 is 9.47 Å². The maximum absolute atomic E-state index is 11.0. The summed E-state index contributed by atoms with van der Waals surface area (Å²) in [5.41, 5.74) is -0.138. The second-order valence-electron chi connectivity index (χ2n) is 2.55. The van der Waals surface area contributed by atoms with Gasteiger partial charge in [0, 0.05) is 0 Å². The molecule has 0 aliphatic heterocycles. The van der Waals surface area contributed by atoms with Gasteiger partial charge in [0.2, 0.25) is 0 Å². The molecule has 0 rings (SSSR count). The minimum Gasteiger partial charge on any atom is -0.458 e. The number of rotatable bonds is 3. The Bertz CT molecular complexity index is 222. The van der Waals surface area contributed by atoms with Gasteiger partial charge in [-0.15, -0.1) is 0 Å². The molecule has 1 amide bonds. The highest BCUT2D eigenvalue weighted by molar-refractivity contribution is 5.91. The summed E-state index contributed by atoms with van der Waals surface area (Å²) < 4.78 is 9.01. The van der Waals surface area contributed by atoms with Crippen molar-refractivity contribution < 1.29 is 19.1 Å². The molecular formula is C8H13NO4. The summed E-state index contributed by atoms with van der Waals surface area (Å²) in [7, 11) is 1.19. The summed E-state index contributed by atoms with van der Waals surface area (Å²) in [4.78, 5) is 21.6. The molecule has 0 aromatic heterocycles. The Morgan fingerprint density at radius 1 is 1.38 bits per heavy atom. The van der Waals surface area contributed by atoms with Gasteiger partial charge in [-0.2, -0.15) is 0 Å². The molecule has 5 nitrogen and oxygen atoms in total. The van der Waals surface area contributed by atoms with Crippen molar-refractivity contribution in [1.29, 1.82) is 0 Å². The number of methoxy groups -OCH3 is 1. The van der Waals surface area contributed by atoms with Gasteiger partial charge in [-0.3, -0.25) is 5.32 Å². The Morgan fingerprint density at radius 2 is 1.92 bits per heavy atom. The largest absolute Gasteiger partial charge is 0.458 e. The van der Waals surface area contributed by atoms with Crippen molar-refractivity contribution >= 4 is 12.1 Å². The van der Waals surface area contributed by atoms with Crippen LogP contribution in [0.4, 0.5) is 4.79 Å². The SMILES string of the molecule is C=C(NC(=O)OC)C(=O)OC(C)C. The molecule has 0 aliphatic rings. The molecule has 0 heterocycles. The molecule has 0 bridgehead atoms. The Hall–Kier alpha value is -1.52. The number of carbonyl (C=O) groups excluding carboxylic acids is 2. The number of amides is 1. The van der Waals surface area contributed by atoms with Gasteiger partial charge in [0.15, 0.2) is 0 Å². The van der Waals surface area contributed by atoms with Crippen LogP contribution in [0.25, 0.3) is 0 Å². The van der Waals surface area contributed by atoms with Crippen LogP contribution >= 0.6 is 0 Å². The number of nitrogens with one attached hydrogen (secondary N) is 1. The molecule has 1 N–H and O–H groups in total. The van der Waals surface area contributed by atoms with Gasteiger partial charge >= 0.3 is 12.1 Å². The van der Waals surface area contributed by atoms with Crippen molar-refractivity contribution in [1.82, 2.24) is 5.32 Å². The van der Waals surface area contributed by atoms with Crippen molar-refractivity contribution in [3.63, 3.8) is 0 Å². The maximum atomic E-state index is 11.0. The first-order chi connectivity index (χ1) is 5.97. The topological polar surface area (TPSA) is 64.6 Å². The number of ether oxygens (including phenoxy) is 2. The zero-order chi connectivity index (χ0) is 10.4. The molecule has 74 valence electrons. The third-order valence-electron chi connectivity index (χ3n) is 1.03. The molecule has 0 unspecified atom stereocenters. The molecule has 0 saturated heterocycles. The Balaban J connectivity index is 3.97. The maximum Gasteiger partial charge on any atom is 0.411 e. The van der Waals surface area contributed by atoms with E-state index in [0.29, 0.717) is 0 Å². The van der Waals surface area contributed by atoms with Gasteiger partial charge in [0.1, 0.15) is 5.70 Å². The van der Waals surface area contributed by atoms with E-state index in [1.807, 2.05) is 0 Å². The molecule has 0 atom stereocenters. The zero-order valence-corrected chi connectivity index (χ0v) is 7.92. The highest BCUT2D eigenvalue weighted by Crippen LogP contribution is 1.95. The standard InChI is InChI=1S/C8H13NO4/c1-5(2)13-7(10)6(3)9-8(11)12-4/h5H,3H2,1-2,4H3,(H,9,11). The van der Waals surface area contributed by atoms with E-state index >= 15 is 0 Å². The molecular weight excluding hydrogens is 174 g/mol. The Labute approximate surface area is 76.7 Å². The first-order valence-corrected chi connectivity index (χ1v) is 3.72. The second-order valence-corrected chi connectivity index (χ2v) is 2.55. The molecule has 5 heteroatoms. The van der Waals surface area contributed by atoms with E-state index in [4.69, 9.17) is 4.74 Å². The Kier molecular flexibility index (Phi) is 4.58. The van der Waals surface area contributed by atoms with E-state index in [0.717, 1.165) is 0 Å². The lowest BCUT2D eigenvalue weighted by atomic mass is 10.4. The quantitative estimate of drug-likeness (QED) is 0.524. The first-order valence-electron chi connectivity index (χ1n) is 3.72. The van der Waals surface area contributed by atoms with E-state index in [2.05, 4.69) is 16.6 Å². The Morgan fingerprint density at radius 3 is 2.31 bits per heavy atom. The van der Waals surface area contributed by atoms with Crippen molar-refractivity contribution in [2.24, 2.45) is 0 Å². The van der Waals surface area contributed by atoms with Crippen LogP contribution in [0.3, 0.4) is 0 Å². The highest BCUT2D eigenvalue weighted by Gasteiger charge is 2.12. The van der Waals surface area contributed by atoms with E-state index in [1.165, 1.54) is 7.11 Å². The summed E-state index contributed by atoms with van der Waals surface area (Å²) in [6, 6.07) is 0. The van der Waals surface area contributed by atoms with E-state index in [1.54, 1.807) is 13.8 Å². The van der Waals surface area contributed by atoms with Crippen LogP contribution in [0.1, 0.15) is 13.8 Å². The van der Waals surface area contributed by atoms with Crippen LogP contribution < -0.4 is 5.32 Å². The molecule has 0 fully saturated rings. The smallest absolute Gasteiger partial charge is 0.411 e. The predicted octanol–water partition coefficient (Wildman–Crippen LogP) is 0.808. The normalized spacial score (nSPS) is 9.23. The minimum atomic E-state index is -0.745.